The Labute approximate surface area is 94.1 Å². The average Bonchev–Trinajstić information content (AvgIpc) is 2.60. The van der Waals surface area contributed by atoms with Gasteiger partial charge < -0.3 is 10.0 Å². The molecular formula is C11H15N3O2. The molecule has 86 valence electrons. The van der Waals surface area contributed by atoms with Gasteiger partial charge in [0, 0.05) is 12.7 Å². The number of carboxylic acids is 1. The monoisotopic (exact) mass is 221 g/mol. The Bertz CT molecular complexity index is 408. The molecule has 2 rings (SSSR count). The van der Waals surface area contributed by atoms with Crippen LogP contribution in [0.4, 0.5) is 5.82 Å². The predicted octanol–water partition coefficient (Wildman–Crippen LogP) is 1.08. The van der Waals surface area contributed by atoms with Crippen LogP contribution in [0.1, 0.15) is 19.2 Å². The summed E-state index contributed by atoms with van der Waals surface area (Å²) in [5.74, 6) is 0.763. The van der Waals surface area contributed by atoms with Gasteiger partial charge in [-0.3, -0.25) is 0 Å². The molecule has 2 heterocycles. The zero-order valence-corrected chi connectivity index (χ0v) is 9.42. The summed E-state index contributed by atoms with van der Waals surface area (Å²) in [5, 5.41) is 9.20. The van der Waals surface area contributed by atoms with Gasteiger partial charge in [-0.25, -0.2) is 14.8 Å². The number of anilines is 1. The summed E-state index contributed by atoms with van der Waals surface area (Å²) in [7, 11) is 0. The van der Waals surface area contributed by atoms with E-state index < -0.39 is 12.0 Å². The van der Waals surface area contributed by atoms with Gasteiger partial charge in [-0.2, -0.15) is 0 Å². The van der Waals surface area contributed by atoms with Gasteiger partial charge in [0.25, 0.3) is 0 Å². The van der Waals surface area contributed by atoms with Crippen molar-refractivity contribution in [2.75, 3.05) is 11.4 Å². The number of nitrogens with zero attached hydrogens (tertiary/aromatic N) is 3. The second kappa shape index (κ2) is 4.08. The van der Waals surface area contributed by atoms with Crippen molar-refractivity contribution in [2.45, 2.75) is 26.3 Å². The molecule has 5 heteroatoms. The van der Waals surface area contributed by atoms with E-state index in [4.69, 9.17) is 0 Å². The Hall–Kier alpha value is -1.65. The maximum Gasteiger partial charge on any atom is 0.326 e. The summed E-state index contributed by atoms with van der Waals surface area (Å²) in [6.07, 6.45) is 2.56. The zero-order chi connectivity index (χ0) is 11.7. The molecule has 16 heavy (non-hydrogen) atoms. The van der Waals surface area contributed by atoms with Crippen molar-refractivity contribution in [3.63, 3.8) is 0 Å². The molecule has 0 aromatic carbocycles. The van der Waals surface area contributed by atoms with Crippen molar-refractivity contribution >= 4 is 11.8 Å². The number of carboxylic acid groups (broad SMARTS) is 1. The molecule has 1 aliphatic heterocycles. The first-order valence-electron chi connectivity index (χ1n) is 5.38. The van der Waals surface area contributed by atoms with E-state index in [1.807, 2.05) is 11.8 Å². The van der Waals surface area contributed by atoms with Gasteiger partial charge in [-0.1, -0.05) is 6.92 Å². The number of rotatable bonds is 2. The number of aryl methyl sites for hydroxylation is 1. The Kier molecular flexibility index (Phi) is 2.77. The van der Waals surface area contributed by atoms with E-state index in [-0.39, 0.29) is 5.92 Å². The Morgan fingerprint density at radius 3 is 3.00 bits per heavy atom. The van der Waals surface area contributed by atoms with Crippen molar-refractivity contribution in [1.82, 2.24) is 9.97 Å². The third-order valence-corrected chi connectivity index (χ3v) is 3.01. The van der Waals surface area contributed by atoms with E-state index in [2.05, 4.69) is 9.97 Å². The highest BCUT2D eigenvalue weighted by molar-refractivity contribution is 5.78. The van der Waals surface area contributed by atoms with Gasteiger partial charge in [0.2, 0.25) is 0 Å². The summed E-state index contributed by atoms with van der Waals surface area (Å²) < 4.78 is 0. The number of aliphatic carboxylic acids is 1. The molecule has 0 radical (unpaired) electrons. The van der Waals surface area contributed by atoms with Crippen molar-refractivity contribution < 1.29 is 9.90 Å². The van der Waals surface area contributed by atoms with Crippen LogP contribution in [-0.4, -0.2) is 33.6 Å². The van der Waals surface area contributed by atoms with Crippen LogP contribution in [-0.2, 0) is 4.79 Å². The highest BCUT2D eigenvalue weighted by Crippen LogP contribution is 2.28. The van der Waals surface area contributed by atoms with Crippen LogP contribution in [0, 0.1) is 12.8 Å². The van der Waals surface area contributed by atoms with E-state index in [1.165, 1.54) is 0 Å². The van der Waals surface area contributed by atoms with Crippen LogP contribution in [0.25, 0.3) is 0 Å². The molecule has 2 unspecified atom stereocenters. The van der Waals surface area contributed by atoms with Crippen LogP contribution in [0.5, 0.6) is 0 Å². The lowest BCUT2D eigenvalue weighted by Gasteiger charge is -2.24. The van der Waals surface area contributed by atoms with E-state index in [0.717, 1.165) is 13.0 Å². The molecule has 0 bridgehead atoms. The quantitative estimate of drug-likeness (QED) is 0.809. The van der Waals surface area contributed by atoms with Crippen LogP contribution >= 0.6 is 0 Å². The lowest BCUT2D eigenvalue weighted by Crippen LogP contribution is -2.39. The van der Waals surface area contributed by atoms with Gasteiger partial charge in [-0.05, 0) is 25.3 Å². The second-order valence-corrected chi connectivity index (χ2v) is 4.20. The van der Waals surface area contributed by atoms with Gasteiger partial charge in [0.05, 0.1) is 0 Å². The van der Waals surface area contributed by atoms with Gasteiger partial charge in [-0.15, -0.1) is 0 Å². The van der Waals surface area contributed by atoms with Crippen molar-refractivity contribution in [3.05, 3.63) is 18.1 Å². The van der Waals surface area contributed by atoms with Crippen LogP contribution in [0.3, 0.4) is 0 Å². The summed E-state index contributed by atoms with van der Waals surface area (Å²) in [4.78, 5) is 21.3. The SMILES string of the molecule is Cc1nccc(N2CCC(C)C2C(=O)O)n1. The Morgan fingerprint density at radius 1 is 1.62 bits per heavy atom. The normalized spacial score (nSPS) is 24.8. The minimum absolute atomic E-state index is 0.160. The first-order valence-corrected chi connectivity index (χ1v) is 5.38. The number of carbonyl (C=O) groups is 1. The number of hydrogen-bond acceptors (Lipinski definition) is 4. The largest absolute Gasteiger partial charge is 0.480 e. The minimum Gasteiger partial charge on any atom is -0.480 e. The highest BCUT2D eigenvalue weighted by atomic mass is 16.4. The van der Waals surface area contributed by atoms with E-state index >= 15 is 0 Å². The van der Waals surface area contributed by atoms with Crippen molar-refractivity contribution in [3.8, 4) is 0 Å². The van der Waals surface area contributed by atoms with Gasteiger partial charge in [0.1, 0.15) is 17.7 Å². The summed E-state index contributed by atoms with van der Waals surface area (Å²) in [5.41, 5.74) is 0. The van der Waals surface area contributed by atoms with Crippen LogP contribution in [0.15, 0.2) is 12.3 Å². The maximum absolute atomic E-state index is 11.2. The molecule has 5 nitrogen and oxygen atoms in total. The Balaban J connectivity index is 2.30. The Morgan fingerprint density at radius 2 is 2.38 bits per heavy atom. The lowest BCUT2D eigenvalue weighted by atomic mass is 10.0. The number of aromatic nitrogens is 2. The summed E-state index contributed by atoms with van der Waals surface area (Å²) in [6, 6.07) is 1.30. The molecular weight excluding hydrogens is 206 g/mol. The second-order valence-electron chi connectivity index (χ2n) is 4.20. The summed E-state index contributed by atoms with van der Waals surface area (Å²) >= 11 is 0. The molecule has 1 aliphatic rings. The summed E-state index contributed by atoms with van der Waals surface area (Å²) in [6.45, 7) is 4.51. The molecule has 1 aromatic heterocycles. The molecule has 1 fully saturated rings. The smallest absolute Gasteiger partial charge is 0.326 e. The third-order valence-electron chi connectivity index (χ3n) is 3.01. The zero-order valence-electron chi connectivity index (χ0n) is 9.42. The fourth-order valence-electron chi connectivity index (χ4n) is 2.18. The van der Waals surface area contributed by atoms with Crippen LogP contribution in [0.2, 0.25) is 0 Å². The molecule has 0 spiro atoms. The maximum atomic E-state index is 11.2. The standard InChI is InChI=1S/C11H15N3O2/c1-7-4-6-14(10(7)11(15)16)9-3-5-12-8(2)13-9/h3,5,7,10H,4,6H2,1-2H3,(H,15,16). The average molecular weight is 221 g/mol. The molecule has 1 aromatic rings. The number of hydrogen-bond donors (Lipinski definition) is 1. The first kappa shape index (κ1) is 10.9. The fourth-order valence-corrected chi connectivity index (χ4v) is 2.18. The molecule has 1 saturated heterocycles. The predicted molar refractivity (Wildman–Crippen MR) is 59.3 cm³/mol. The van der Waals surface area contributed by atoms with E-state index in [9.17, 15) is 9.90 Å². The van der Waals surface area contributed by atoms with Crippen LogP contribution < -0.4 is 4.90 Å². The topological polar surface area (TPSA) is 66.3 Å². The lowest BCUT2D eigenvalue weighted by molar-refractivity contribution is -0.139. The van der Waals surface area contributed by atoms with Crippen molar-refractivity contribution in [1.29, 1.82) is 0 Å². The molecule has 2 atom stereocenters. The molecule has 0 amide bonds. The molecule has 0 saturated carbocycles. The third kappa shape index (κ3) is 1.85. The van der Waals surface area contributed by atoms with E-state index in [1.54, 1.807) is 19.2 Å². The van der Waals surface area contributed by atoms with Gasteiger partial charge in [0.15, 0.2) is 0 Å². The van der Waals surface area contributed by atoms with E-state index in [0.29, 0.717) is 11.6 Å². The molecule has 0 aliphatic carbocycles. The molecule has 1 N–H and O–H groups in total. The fraction of sp³-hybridized carbons (Fsp3) is 0.545. The van der Waals surface area contributed by atoms with Gasteiger partial charge >= 0.3 is 5.97 Å². The highest BCUT2D eigenvalue weighted by Gasteiger charge is 2.37. The minimum atomic E-state index is -0.777. The first-order chi connectivity index (χ1) is 7.59. The van der Waals surface area contributed by atoms with Crippen molar-refractivity contribution in [2.24, 2.45) is 5.92 Å².